The molecule has 100 valence electrons. The summed E-state index contributed by atoms with van der Waals surface area (Å²) < 4.78 is 7.01. The summed E-state index contributed by atoms with van der Waals surface area (Å²) in [5.74, 6) is 0. The Hall–Kier alpha value is -0.350. The standard InChI is InChI=1S/C15H13Br2ClO/c16-9-15(12-2-1-3-14(18)8-12)19-10-11-4-6-13(17)7-5-11/h1-8,15H,9-10H2. The van der Waals surface area contributed by atoms with Crippen LogP contribution in [0.5, 0.6) is 0 Å². The van der Waals surface area contributed by atoms with E-state index in [0.29, 0.717) is 6.61 Å². The van der Waals surface area contributed by atoms with E-state index < -0.39 is 0 Å². The Labute approximate surface area is 135 Å². The van der Waals surface area contributed by atoms with Gasteiger partial charge in [0, 0.05) is 14.8 Å². The molecule has 2 rings (SSSR count). The number of alkyl halides is 1. The van der Waals surface area contributed by atoms with Gasteiger partial charge in [-0.3, -0.25) is 0 Å². The van der Waals surface area contributed by atoms with E-state index in [4.69, 9.17) is 16.3 Å². The molecule has 0 aliphatic heterocycles. The van der Waals surface area contributed by atoms with E-state index in [1.54, 1.807) is 0 Å². The van der Waals surface area contributed by atoms with Crippen molar-refractivity contribution in [2.45, 2.75) is 12.7 Å². The molecule has 1 unspecified atom stereocenters. The van der Waals surface area contributed by atoms with Crippen molar-refractivity contribution in [3.8, 4) is 0 Å². The summed E-state index contributed by atoms with van der Waals surface area (Å²) in [6.07, 6.45) is 0.00217. The first-order valence-corrected chi connectivity index (χ1v) is 8.16. The maximum absolute atomic E-state index is 6.00. The first-order valence-electron chi connectivity index (χ1n) is 5.86. The largest absolute Gasteiger partial charge is 0.368 e. The van der Waals surface area contributed by atoms with Crippen LogP contribution in [0.2, 0.25) is 5.02 Å². The van der Waals surface area contributed by atoms with Crippen molar-refractivity contribution >= 4 is 43.5 Å². The molecule has 0 saturated heterocycles. The summed E-state index contributed by atoms with van der Waals surface area (Å²) in [4.78, 5) is 0. The highest BCUT2D eigenvalue weighted by atomic mass is 79.9. The van der Waals surface area contributed by atoms with E-state index in [1.165, 1.54) is 0 Å². The summed E-state index contributed by atoms with van der Waals surface area (Å²) >= 11 is 12.9. The lowest BCUT2D eigenvalue weighted by molar-refractivity contribution is 0.0566. The minimum absolute atomic E-state index is 0.00217. The SMILES string of the molecule is Clc1cccc(C(CBr)OCc2ccc(Br)cc2)c1. The van der Waals surface area contributed by atoms with Gasteiger partial charge in [-0.1, -0.05) is 67.7 Å². The number of ether oxygens (including phenoxy) is 1. The third-order valence-corrected chi connectivity index (χ3v) is 4.08. The van der Waals surface area contributed by atoms with Crippen LogP contribution in [-0.4, -0.2) is 5.33 Å². The minimum Gasteiger partial charge on any atom is -0.368 e. The smallest absolute Gasteiger partial charge is 0.0926 e. The van der Waals surface area contributed by atoms with Crippen molar-refractivity contribution < 1.29 is 4.74 Å². The van der Waals surface area contributed by atoms with Crippen molar-refractivity contribution in [1.82, 2.24) is 0 Å². The van der Waals surface area contributed by atoms with E-state index >= 15 is 0 Å². The van der Waals surface area contributed by atoms with Gasteiger partial charge >= 0.3 is 0 Å². The molecule has 0 amide bonds. The first-order chi connectivity index (χ1) is 9.19. The summed E-state index contributed by atoms with van der Waals surface area (Å²) in [5, 5.41) is 1.47. The Bertz CT molecular complexity index is 528. The van der Waals surface area contributed by atoms with Crippen LogP contribution in [0.3, 0.4) is 0 Å². The molecule has 19 heavy (non-hydrogen) atoms. The number of benzene rings is 2. The van der Waals surface area contributed by atoms with Crippen molar-refractivity contribution in [3.63, 3.8) is 0 Å². The maximum Gasteiger partial charge on any atom is 0.0926 e. The van der Waals surface area contributed by atoms with E-state index in [2.05, 4.69) is 31.9 Å². The second-order valence-electron chi connectivity index (χ2n) is 4.14. The van der Waals surface area contributed by atoms with Crippen molar-refractivity contribution in [2.24, 2.45) is 0 Å². The molecular weight excluding hydrogens is 391 g/mol. The predicted octanol–water partition coefficient (Wildman–Crippen LogP) is 5.76. The summed E-state index contributed by atoms with van der Waals surface area (Å²) in [7, 11) is 0. The monoisotopic (exact) mass is 402 g/mol. The lowest BCUT2D eigenvalue weighted by Crippen LogP contribution is -2.06. The van der Waals surface area contributed by atoms with E-state index in [-0.39, 0.29) is 6.10 Å². The van der Waals surface area contributed by atoms with Gasteiger partial charge in [0.25, 0.3) is 0 Å². The van der Waals surface area contributed by atoms with Gasteiger partial charge in [-0.2, -0.15) is 0 Å². The summed E-state index contributed by atoms with van der Waals surface area (Å²) in [6.45, 7) is 0.579. The second-order valence-corrected chi connectivity index (χ2v) is 6.14. The van der Waals surface area contributed by atoms with Gasteiger partial charge in [0.2, 0.25) is 0 Å². The third kappa shape index (κ3) is 4.60. The zero-order valence-corrected chi connectivity index (χ0v) is 14.1. The molecule has 0 aromatic heterocycles. The highest BCUT2D eigenvalue weighted by Crippen LogP contribution is 2.24. The van der Waals surface area contributed by atoms with Crippen molar-refractivity contribution in [3.05, 3.63) is 69.2 Å². The van der Waals surface area contributed by atoms with Crippen LogP contribution in [0.15, 0.2) is 53.0 Å². The Morgan fingerprint density at radius 1 is 1.11 bits per heavy atom. The number of hydrogen-bond acceptors (Lipinski definition) is 1. The van der Waals surface area contributed by atoms with Gasteiger partial charge in [0.05, 0.1) is 12.7 Å². The molecule has 0 fully saturated rings. The molecular formula is C15H13Br2ClO. The molecule has 0 N–H and O–H groups in total. The molecule has 0 bridgehead atoms. The Kier molecular flexibility index (Phi) is 5.89. The van der Waals surface area contributed by atoms with E-state index in [9.17, 15) is 0 Å². The maximum atomic E-state index is 6.00. The van der Waals surface area contributed by atoms with Gasteiger partial charge in [-0.05, 0) is 35.4 Å². The molecule has 0 spiro atoms. The molecule has 0 aliphatic carbocycles. The number of halogens is 3. The van der Waals surface area contributed by atoms with Gasteiger partial charge in [-0.25, -0.2) is 0 Å². The lowest BCUT2D eigenvalue weighted by atomic mass is 10.1. The Balaban J connectivity index is 2.01. The zero-order valence-electron chi connectivity index (χ0n) is 10.2. The topological polar surface area (TPSA) is 9.23 Å². The number of hydrogen-bond donors (Lipinski definition) is 0. The van der Waals surface area contributed by atoms with Crippen LogP contribution in [0.4, 0.5) is 0 Å². The molecule has 0 heterocycles. The average molecular weight is 405 g/mol. The van der Waals surface area contributed by atoms with E-state index in [1.807, 2.05) is 48.5 Å². The highest BCUT2D eigenvalue weighted by molar-refractivity contribution is 9.10. The van der Waals surface area contributed by atoms with Crippen LogP contribution >= 0.6 is 43.5 Å². The first kappa shape index (κ1) is 15.0. The lowest BCUT2D eigenvalue weighted by Gasteiger charge is -2.16. The number of rotatable bonds is 5. The van der Waals surface area contributed by atoms with Crippen LogP contribution in [0.25, 0.3) is 0 Å². The van der Waals surface area contributed by atoms with Crippen LogP contribution in [0, 0.1) is 0 Å². The normalized spacial score (nSPS) is 12.4. The highest BCUT2D eigenvalue weighted by Gasteiger charge is 2.11. The van der Waals surface area contributed by atoms with Gasteiger partial charge in [0.15, 0.2) is 0 Å². The predicted molar refractivity (Wildman–Crippen MR) is 86.9 cm³/mol. The van der Waals surface area contributed by atoms with Gasteiger partial charge in [0.1, 0.15) is 0 Å². The molecule has 2 aromatic carbocycles. The minimum atomic E-state index is 0.00217. The van der Waals surface area contributed by atoms with Crippen LogP contribution < -0.4 is 0 Å². The fourth-order valence-electron chi connectivity index (χ4n) is 1.71. The molecule has 2 aromatic rings. The fraction of sp³-hybridized carbons (Fsp3) is 0.200. The second kappa shape index (κ2) is 7.44. The van der Waals surface area contributed by atoms with E-state index in [0.717, 1.165) is 26.0 Å². The van der Waals surface area contributed by atoms with Gasteiger partial charge in [-0.15, -0.1) is 0 Å². The Morgan fingerprint density at radius 3 is 2.47 bits per heavy atom. The van der Waals surface area contributed by atoms with Gasteiger partial charge < -0.3 is 4.74 Å². The quantitative estimate of drug-likeness (QED) is 0.576. The molecule has 0 saturated carbocycles. The molecule has 1 nitrogen and oxygen atoms in total. The fourth-order valence-corrected chi connectivity index (χ4v) is 2.74. The zero-order chi connectivity index (χ0) is 13.7. The van der Waals surface area contributed by atoms with Crippen LogP contribution in [0.1, 0.15) is 17.2 Å². The summed E-state index contributed by atoms with van der Waals surface area (Å²) in [6, 6.07) is 15.9. The van der Waals surface area contributed by atoms with Crippen molar-refractivity contribution in [1.29, 1.82) is 0 Å². The van der Waals surface area contributed by atoms with Crippen LogP contribution in [-0.2, 0) is 11.3 Å². The molecule has 0 radical (unpaired) electrons. The molecule has 4 heteroatoms. The Morgan fingerprint density at radius 2 is 1.84 bits per heavy atom. The molecule has 1 atom stereocenters. The summed E-state index contributed by atoms with van der Waals surface area (Å²) in [5.41, 5.74) is 2.23. The third-order valence-electron chi connectivity index (χ3n) is 2.73. The molecule has 0 aliphatic rings. The average Bonchev–Trinajstić information content (AvgIpc) is 2.42. The van der Waals surface area contributed by atoms with Crippen molar-refractivity contribution in [2.75, 3.05) is 5.33 Å².